The van der Waals surface area contributed by atoms with Crippen molar-refractivity contribution in [2.24, 2.45) is 0 Å². The molecule has 2 aromatic rings. The number of nitrogens with zero attached hydrogens (tertiary/aromatic N) is 2. The number of aliphatic carboxylic acids is 1. The summed E-state index contributed by atoms with van der Waals surface area (Å²) in [5.74, 6) is -0.967. The molecule has 0 radical (unpaired) electrons. The second-order valence-corrected chi connectivity index (χ2v) is 5.81. The average Bonchev–Trinajstić information content (AvgIpc) is 2.38. The van der Waals surface area contributed by atoms with Gasteiger partial charge in [0.2, 0.25) is 0 Å². The topological polar surface area (TPSA) is 72.2 Å². The van der Waals surface area contributed by atoms with E-state index in [0.29, 0.717) is 32.1 Å². The predicted molar refractivity (Wildman–Crippen MR) is 83.4 cm³/mol. The van der Waals surface area contributed by atoms with Gasteiger partial charge in [-0.3, -0.25) is 9.36 Å². The number of halogens is 2. The number of carbonyl (C=O) groups is 1. The summed E-state index contributed by atoms with van der Waals surface area (Å²) in [5, 5.41) is 9.51. The first-order valence-electron chi connectivity index (χ1n) is 6.07. The molecule has 0 spiro atoms. The van der Waals surface area contributed by atoms with E-state index < -0.39 is 11.7 Å². The molecule has 5 nitrogen and oxygen atoms in total. The maximum atomic E-state index is 12.2. The van der Waals surface area contributed by atoms with Gasteiger partial charge in [-0.2, -0.15) is 4.98 Å². The van der Waals surface area contributed by atoms with Crippen LogP contribution in [-0.4, -0.2) is 20.6 Å². The molecule has 21 heavy (non-hydrogen) atoms. The number of carboxylic acids is 1. The van der Waals surface area contributed by atoms with Crippen LogP contribution >= 0.6 is 27.5 Å². The Hall–Kier alpha value is -1.66. The van der Waals surface area contributed by atoms with Gasteiger partial charge >= 0.3 is 11.7 Å². The highest BCUT2D eigenvalue weighted by molar-refractivity contribution is 9.10. The lowest BCUT2D eigenvalue weighted by Crippen LogP contribution is -2.27. The van der Waals surface area contributed by atoms with Crippen molar-refractivity contribution in [1.82, 2.24) is 9.55 Å². The van der Waals surface area contributed by atoms with Gasteiger partial charge in [0.15, 0.2) is 0 Å². The summed E-state index contributed by atoms with van der Waals surface area (Å²) >= 11 is 9.25. The maximum absolute atomic E-state index is 12.2. The molecular weight excluding hydrogens is 360 g/mol. The Balaban J connectivity index is 2.71. The molecule has 0 atom stereocenters. The Morgan fingerprint density at radius 2 is 2.10 bits per heavy atom. The summed E-state index contributed by atoms with van der Waals surface area (Å²) in [7, 11) is 0. The van der Waals surface area contributed by atoms with Gasteiger partial charge in [0.05, 0.1) is 17.1 Å². The number of aryl methyl sites for hydroxylation is 1. The molecule has 110 valence electrons. The zero-order valence-electron chi connectivity index (χ0n) is 11.4. The van der Waals surface area contributed by atoms with E-state index in [4.69, 9.17) is 16.7 Å². The first kappa shape index (κ1) is 15.7. The number of hydrogen-bond acceptors (Lipinski definition) is 3. The van der Waals surface area contributed by atoms with Crippen LogP contribution in [0.1, 0.15) is 17.0 Å². The van der Waals surface area contributed by atoms with Gasteiger partial charge in [-0.25, -0.2) is 4.79 Å². The van der Waals surface area contributed by atoms with Crippen LogP contribution in [0.15, 0.2) is 27.5 Å². The highest BCUT2D eigenvalue weighted by atomic mass is 79.9. The summed E-state index contributed by atoms with van der Waals surface area (Å²) < 4.78 is 2.03. The van der Waals surface area contributed by atoms with Crippen LogP contribution in [0.25, 0.3) is 5.69 Å². The highest BCUT2D eigenvalue weighted by Crippen LogP contribution is 2.25. The number of carboxylic acid groups (broad SMARTS) is 1. The second-order valence-electron chi connectivity index (χ2n) is 4.55. The fraction of sp³-hybridized carbons (Fsp3) is 0.214. The lowest BCUT2D eigenvalue weighted by Gasteiger charge is -2.15. The number of benzene rings is 1. The molecule has 2 rings (SSSR count). The van der Waals surface area contributed by atoms with Crippen LogP contribution in [0.3, 0.4) is 0 Å². The third-order valence-corrected chi connectivity index (χ3v) is 4.37. The van der Waals surface area contributed by atoms with E-state index in [2.05, 4.69) is 20.9 Å². The van der Waals surface area contributed by atoms with Gasteiger partial charge in [0, 0.05) is 21.4 Å². The summed E-state index contributed by atoms with van der Waals surface area (Å²) in [5.41, 5.74) is 1.66. The molecule has 1 aromatic heterocycles. The van der Waals surface area contributed by atoms with Crippen LogP contribution in [-0.2, 0) is 11.2 Å². The summed E-state index contributed by atoms with van der Waals surface area (Å²) in [6.07, 6.45) is -0.181. The lowest BCUT2D eigenvalue weighted by atomic mass is 10.1. The largest absolute Gasteiger partial charge is 0.481 e. The molecule has 0 amide bonds. The van der Waals surface area contributed by atoms with Crippen LogP contribution in [0.5, 0.6) is 0 Å². The standard InChI is InChI=1S/C14H12BrClN2O3/c1-7-10(6-13(19)20)8(2)18(14(21)17-7)9-3-4-12(16)11(15)5-9/h3-5H,6H2,1-2H3,(H,19,20). The Bertz CT molecular complexity index is 787. The SMILES string of the molecule is Cc1nc(=O)n(-c2ccc(Cl)c(Br)c2)c(C)c1CC(=O)O. The highest BCUT2D eigenvalue weighted by Gasteiger charge is 2.15. The van der Waals surface area contributed by atoms with Crippen LogP contribution < -0.4 is 5.69 Å². The van der Waals surface area contributed by atoms with Crippen molar-refractivity contribution in [2.45, 2.75) is 20.3 Å². The van der Waals surface area contributed by atoms with E-state index in [-0.39, 0.29) is 6.42 Å². The molecule has 1 aromatic carbocycles. The van der Waals surface area contributed by atoms with E-state index in [1.807, 2.05) is 0 Å². The van der Waals surface area contributed by atoms with Gasteiger partial charge in [-0.1, -0.05) is 11.6 Å². The van der Waals surface area contributed by atoms with E-state index in [0.717, 1.165) is 0 Å². The van der Waals surface area contributed by atoms with Crippen molar-refractivity contribution in [3.05, 3.63) is 55.1 Å². The Kier molecular flexibility index (Phi) is 4.49. The van der Waals surface area contributed by atoms with Gasteiger partial charge in [-0.15, -0.1) is 0 Å². The fourth-order valence-corrected chi connectivity index (χ4v) is 2.62. The molecule has 0 saturated carbocycles. The molecule has 0 fully saturated rings. The van der Waals surface area contributed by atoms with Crippen molar-refractivity contribution < 1.29 is 9.90 Å². The number of hydrogen-bond donors (Lipinski definition) is 1. The molecule has 0 saturated heterocycles. The van der Waals surface area contributed by atoms with E-state index >= 15 is 0 Å². The van der Waals surface area contributed by atoms with Crippen LogP contribution in [0.4, 0.5) is 0 Å². The zero-order chi connectivity index (χ0) is 15.7. The molecule has 0 aliphatic heterocycles. The van der Waals surface area contributed by atoms with Crippen molar-refractivity contribution in [3.63, 3.8) is 0 Å². The molecule has 1 N–H and O–H groups in total. The normalized spacial score (nSPS) is 10.7. The smallest absolute Gasteiger partial charge is 0.352 e. The third-order valence-electron chi connectivity index (χ3n) is 3.15. The molecule has 7 heteroatoms. The number of rotatable bonds is 3. The van der Waals surface area contributed by atoms with Crippen molar-refractivity contribution in [1.29, 1.82) is 0 Å². The Morgan fingerprint density at radius 3 is 2.67 bits per heavy atom. The third kappa shape index (κ3) is 3.16. The predicted octanol–water partition coefficient (Wildman–Crippen LogP) is 2.89. The fourth-order valence-electron chi connectivity index (χ4n) is 2.14. The van der Waals surface area contributed by atoms with Gasteiger partial charge in [-0.05, 0) is 48.0 Å². The Labute approximate surface area is 134 Å². The van der Waals surface area contributed by atoms with E-state index in [1.54, 1.807) is 32.0 Å². The van der Waals surface area contributed by atoms with Crippen LogP contribution in [0, 0.1) is 13.8 Å². The minimum Gasteiger partial charge on any atom is -0.481 e. The van der Waals surface area contributed by atoms with Crippen molar-refractivity contribution in [3.8, 4) is 5.69 Å². The molecular formula is C14H12BrClN2O3. The van der Waals surface area contributed by atoms with E-state index in [9.17, 15) is 9.59 Å². The molecule has 0 bridgehead atoms. The molecule has 0 aliphatic rings. The number of aromatic nitrogens is 2. The Morgan fingerprint density at radius 1 is 1.43 bits per heavy atom. The molecule has 0 unspecified atom stereocenters. The van der Waals surface area contributed by atoms with Crippen molar-refractivity contribution in [2.75, 3.05) is 0 Å². The van der Waals surface area contributed by atoms with E-state index in [1.165, 1.54) is 4.57 Å². The summed E-state index contributed by atoms with van der Waals surface area (Å²) in [4.78, 5) is 27.0. The quantitative estimate of drug-likeness (QED) is 0.900. The second kappa shape index (κ2) is 5.99. The monoisotopic (exact) mass is 370 g/mol. The first-order valence-corrected chi connectivity index (χ1v) is 7.24. The van der Waals surface area contributed by atoms with Crippen molar-refractivity contribution >= 4 is 33.5 Å². The summed E-state index contributed by atoms with van der Waals surface area (Å²) in [6.45, 7) is 3.34. The maximum Gasteiger partial charge on any atom is 0.352 e. The van der Waals surface area contributed by atoms with Gasteiger partial charge in [0.25, 0.3) is 0 Å². The van der Waals surface area contributed by atoms with Gasteiger partial charge in [0.1, 0.15) is 0 Å². The van der Waals surface area contributed by atoms with Crippen LogP contribution in [0.2, 0.25) is 5.02 Å². The zero-order valence-corrected chi connectivity index (χ0v) is 13.7. The van der Waals surface area contributed by atoms with Gasteiger partial charge < -0.3 is 5.11 Å². The molecule has 0 aliphatic carbocycles. The minimum atomic E-state index is -0.967. The summed E-state index contributed by atoms with van der Waals surface area (Å²) in [6, 6.07) is 5.03. The minimum absolute atomic E-state index is 0.181. The average molecular weight is 372 g/mol. The first-order chi connectivity index (χ1) is 9.81. The molecule has 1 heterocycles. The lowest BCUT2D eigenvalue weighted by molar-refractivity contribution is -0.136.